The number of rotatable bonds is 6. The summed E-state index contributed by atoms with van der Waals surface area (Å²) in [7, 11) is 0. The molecule has 34 heavy (non-hydrogen) atoms. The maximum Gasteiger partial charge on any atom is 0.314 e. The molecule has 4 aromatic rings. The van der Waals surface area contributed by atoms with Gasteiger partial charge in [0.15, 0.2) is 0 Å². The summed E-state index contributed by atoms with van der Waals surface area (Å²) in [6.45, 7) is 6.57. The Morgan fingerprint density at radius 3 is 2.56 bits per heavy atom. The van der Waals surface area contributed by atoms with Crippen LogP contribution in [0.15, 0.2) is 47.0 Å². The molecule has 0 atom stereocenters. The number of benzene rings is 2. The Bertz CT molecular complexity index is 1320. The van der Waals surface area contributed by atoms with E-state index in [1.807, 2.05) is 6.07 Å². The molecule has 0 spiro atoms. The van der Waals surface area contributed by atoms with E-state index in [9.17, 15) is 13.2 Å². The molecule has 2 aromatic carbocycles. The van der Waals surface area contributed by atoms with Crippen molar-refractivity contribution in [3.8, 4) is 22.7 Å². The Labute approximate surface area is 194 Å². The normalized spacial score (nSPS) is 14.2. The molecule has 10 heteroatoms. The fourth-order valence-electron chi connectivity index (χ4n) is 4.11. The summed E-state index contributed by atoms with van der Waals surface area (Å²) in [5.41, 5.74) is 4.95. The molecule has 0 saturated carbocycles. The average Bonchev–Trinajstić information content (AvgIpc) is 3.50. The summed E-state index contributed by atoms with van der Waals surface area (Å²) in [6, 6.07) is 11.1. The second kappa shape index (κ2) is 9.02. The van der Waals surface area contributed by atoms with Crippen LogP contribution in [0.2, 0.25) is 0 Å². The predicted molar refractivity (Wildman–Crippen MR) is 118 cm³/mol. The molecular weight excluding hydrogens is 445 g/mol. The Kier molecular flexibility index (Phi) is 5.91. The molecule has 0 radical (unpaired) electrons. The van der Waals surface area contributed by atoms with Gasteiger partial charge in [0.05, 0.1) is 12.7 Å². The number of hydrogen-bond acceptors (Lipinski definition) is 6. The van der Waals surface area contributed by atoms with Crippen molar-refractivity contribution in [2.45, 2.75) is 45.8 Å². The molecule has 2 aromatic heterocycles. The molecule has 0 unspecified atom stereocenters. The van der Waals surface area contributed by atoms with Gasteiger partial charge in [-0.15, -0.1) is 15.3 Å². The Hall–Kier alpha value is -3.53. The van der Waals surface area contributed by atoms with Gasteiger partial charge < -0.3 is 4.42 Å². The minimum Gasteiger partial charge on any atom is -0.415 e. The van der Waals surface area contributed by atoms with Crippen molar-refractivity contribution in [3.05, 3.63) is 71.0 Å². The fraction of sp³-hybridized carbons (Fsp3) is 0.333. The van der Waals surface area contributed by atoms with Crippen LogP contribution in [0.3, 0.4) is 0 Å². The number of hydrogen-bond donors (Lipinski definition) is 0. The van der Waals surface area contributed by atoms with Gasteiger partial charge in [-0.25, -0.2) is 9.07 Å². The zero-order valence-electron chi connectivity index (χ0n) is 18.8. The standard InChI is InChI=1S/C24H23F3N6O/c1-14(2)32-8-7-15-9-16(3-5-18(15)11-32)21-13-33(31-28-21)12-19-6-4-17(10-20(19)25)23-29-30-24(34-23)22(26)27/h3-6,9-10,13-14,22H,7-8,11-12H2,1-2H3. The van der Waals surface area contributed by atoms with Gasteiger partial charge >= 0.3 is 6.43 Å². The molecule has 0 amide bonds. The lowest BCUT2D eigenvalue weighted by atomic mass is 9.96. The molecule has 0 saturated heterocycles. The highest BCUT2D eigenvalue weighted by Gasteiger charge is 2.20. The van der Waals surface area contributed by atoms with Crippen LogP contribution in [0, 0.1) is 5.82 Å². The van der Waals surface area contributed by atoms with Gasteiger partial charge in [0, 0.05) is 35.8 Å². The van der Waals surface area contributed by atoms with Crippen LogP contribution >= 0.6 is 0 Å². The van der Waals surface area contributed by atoms with Crippen LogP contribution in [0.25, 0.3) is 22.7 Å². The Morgan fingerprint density at radius 1 is 1.00 bits per heavy atom. The van der Waals surface area contributed by atoms with Gasteiger partial charge in [-0.2, -0.15) is 8.78 Å². The lowest BCUT2D eigenvalue weighted by molar-refractivity contribution is 0.116. The zero-order chi connectivity index (χ0) is 23.8. The van der Waals surface area contributed by atoms with Crippen LogP contribution in [-0.4, -0.2) is 42.7 Å². The number of alkyl halides is 2. The predicted octanol–water partition coefficient (Wildman–Crippen LogP) is 4.89. The van der Waals surface area contributed by atoms with Crippen molar-refractivity contribution >= 4 is 0 Å². The first kappa shape index (κ1) is 22.3. The van der Waals surface area contributed by atoms with E-state index in [1.54, 1.807) is 16.9 Å². The van der Waals surface area contributed by atoms with Gasteiger partial charge in [-0.1, -0.05) is 23.4 Å². The summed E-state index contributed by atoms with van der Waals surface area (Å²) in [5.74, 6) is -1.49. The number of fused-ring (bicyclic) bond motifs is 1. The minimum atomic E-state index is -2.88. The van der Waals surface area contributed by atoms with Gasteiger partial charge in [0.1, 0.15) is 11.5 Å². The van der Waals surface area contributed by atoms with E-state index in [0.29, 0.717) is 11.6 Å². The van der Waals surface area contributed by atoms with Crippen LogP contribution in [0.4, 0.5) is 13.2 Å². The van der Waals surface area contributed by atoms with Crippen LogP contribution in [-0.2, 0) is 19.5 Å². The molecule has 176 valence electrons. The molecule has 1 aliphatic heterocycles. The molecular formula is C24H23F3N6O. The maximum atomic E-state index is 14.7. The average molecular weight is 468 g/mol. The number of aromatic nitrogens is 5. The molecule has 3 heterocycles. The van der Waals surface area contributed by atoms with E-state index in [4.69, 9.17) is 4.42 Å². The number of nitrogens with zero attached hydrogens (tertiary/aromatic N) is 6. The third-order valence-corrected chi connectivity index (χ3v) is 6.07. The summed E-state index contributed by atoms with van der Waals surface area (Å²) in [4.78, 5) is 2.45. The first-order valence-electron chi connectivity index (χ1n) is 11.0. The minimum absolute atomic E-state index is 0.160. The first-order chi connectivity index (χ1) is 16.4. The first-order valence-corrected chi connectivity index (χ1v) is 11.0. The van der Waals surface area contributed by atoms with Crippen LogP contribution in [0.5, 0.6) is 0 Å². The van der Waals surface area contributed by atoms with Gasteiger partial charge in [-0.3, -0.25) is 4.90 Å². The summed E-state index contributed by atoms with van der Waals surface area (Å²) < 4.78 is 46.4. The smallest absolute Gasteiger partial charge is 0.314 e. The van der Waals surface area contributed by atoms with E-state index in [2.05, 4.69) is 51.4 Å². The topological polar surface area (TPSA) is 72.9 Å². The highest BCUT2D eigenvalue weighted by atomic mass is 19.3. The summed E-state index contributed by atoms with van der Waals surface area (Å²) in [6.07, 6.45) is -0.103. The molecule has 0 N–H and O–H groups in total. The van der Waals surface area contributed by atoms with Gasteiger partial charge in [-0.05, 0) is 49.6 Å². The summed E-state index contributed by atoms with van der Waals surface area (Å²) >= 11 is 0. The van der Waals surface area contributed by atoms with Crippen LogP contribution in [0.1, 0.15) is 42.9 Å². The van der Waals surface area contributed by atoms with Crippen molar-refractivity contribution < 1.29 is 17.6 Å². The third-order valence-electron chi connectivity index (χ3n) is 6.07. The monoisotopic (exact) mass is 468 g/mol. The lowest BCUT2D eigenvalue weighted by Crippen LogP contribution is -2.35. The van der Waals surface area contributed by atoms with Crippen molar-refractivity contribution in [1.82, 2.24) is 30.1 Å². The Morgan fingerprint density at radius 2 is 1.82 bits per heavy atom. The van der Waals surface area contributed by atoms with E-state index in [-0.39, 0.29) is 18.0 Å². The summed E-state index contributed by atoms with van der Waals surface area (Å²) in [5, 5.41) is 15.2. The highest BCUT2D eigenvalue weighted by molar-refractivity contribution is 5.60. The SMILES string of the molecule is CC(C)N1CCc2cc(-c3cn(Cc4ccc(-c5nnc(C(F)F)o5)cc4F)nn3)ccc2C1. The van der Waals surface area contributed by atoms with Crippen molar-refractivity contribution in [2.75, 3.05) is 6.54 Å². The molecule has 0 aliphatic carbocycles. The van der Waals surface area contributed by atoms with Crippen LogP contribution < -0.4 is 0 Å². The number of halogens is 3. The van der Waals surface area contributed by atoms with Crippen molar-refractivity contribution in [3.63, 3.8) is 0 Å². The third kappa shape index (κ3) is 4.45. The van der Waals surface area contributed by atoms with Crippen molar-refractivity contribution in [1.29, 1.82) is 0 Å². The highest BCUT2D eigenvalue weighted by Crippen LogP contribution is 2.27. The largest absolute Gasteiger partial charge is 0.415 e. The second-order valence-corrected chi connectivity index (χ2v) is 8.65. The molecule has 1 aliphatic rings. The lowest BCUT2D eigenvalue weighted by Gasteiger charge is -2.32. The molecule has 7 nitrogen and oxygen atoms in total. The van der Waals surface area contributed by atoms with E-state index < -0.39 is 18.1 Å². The Balaban J connectivity index is 1.31. The molecule has 0 bridgehead atoms. The molecule has 5 rings (SSSR count). The van der Waals surface area contributed by atoms with Gasteiger partial charge in [0.2, 0.25) is 5.89 Å². The zero-order valence-corrected chi connectivity index (χ0v) is 18.8. The second-order valence-electron chi connectivity index (χ2n) is 8.65. The van der Waals surface area contributed by atoms with E-state index in [0.717, 1.165) is 30.8 Å². The maximum absolute atomic E-state index is 14.7. The quantitative estimate of drug-likeness (QED) is 0.401. The molecule has 0 fully saturated rings. The van der Waals surface area contributed by atoms with Gasteiger partial charge in [0.25, 0.3) is 5.89 Å². The van der Waals surface area contributed by atoms with E-state index in [1.165, 1.54) is 23.3 Å². The fourth-order valence-corrected chi connectivity index (χ4v) is 4.11. The van der Waals surface area contributed by atoms with Crippen molar-refractivity contribution in [2.24, 2.45) is 0 Å². The van der Waals surface area contributed by atoms with E-state index >= 15 is 0 Å².